The zero-order valence-corrected chi connectivity index (χ0v) is 4.95. The molecule has 0 aromatic carbocycles. The lowest BCUT2D eigenvalue weighted by atomic mass is 10.5. The Bertz CT molecular complexity index is 55.8. The lowest BCUT2D eigenvalue weighted by Crippen LogP contribution is -1.43. The third-order valence-corrected chi connectivity index (χ3v) is 0.573. The second-order valence-electron chi connectivity index (χ2n) is 0.521. The van der Waals surface area contributed by atoms with E-state index in [0.717, 1.165) is 6.42 Å². The third-order valence-electron chi connectivity index (χ3n) is 0.192. The van der Waals surface area contributed by atoms with Crippen LogP contribution in [0.15, 0.2) is 0 Å². The van der Waals surface area contributed by atoms with Gasteiger partial charge in [-0.15, -0.1) is 0 Å². The van der Waals surface area contributed by atoms with Crippen LogP contribution in [-0.4, -0.2) is 0 Å². The summed E-state index contributed by atoms with van der Waals surface area (Å²) in [5.41, 5.74) is 0. The fraction of sp³-hybridized carbons (Fsp3) is 0.250. The highest BCUT2D eigenvalue weighted by Crippen LogP contribution is 1.71. The maximum absolute atomic E-state index is 3.50. The zero-order valence-electron chi connectivity index (χ0n) is 2.79. The van der Waals surface area contributed by atoms with Gasteiger partial charge in [0.2, 0.25) is 0 Å². The summed E-state index contributed by atoms with van der Waals surface area (Å²) in [6, 6.07) is 0. The molecule has 0 aliphatic carbocycles. The van der Waals surface area contributed by atoms with E-state index in [9.17, 15) is 0 Å². The second kappa shape index (κ2) is 4.29. The summed E-state index contributed by atoms with van der Waals surface area (Å²) in [4.78, 5) is 0. The van der Waals surface area contributed by atoms with Crippen LogP contribution in [0.5, 0.6) is 0 Å². The predicted molar refractivity (Wildman–Crippen MR) is 31.8 cm³/mol. The Morgan fingerprint density at radius 3 is 2.40 bits per heavy atom. The van der Waals surface area contributed by atoms with Crippen LogP contribution in [0.2, 0.25) is 0 Å². The van der Waals surface area contributed by atoms with Crippen molar-refractivity contribution in [3.8, 4) is 9.85 Å². The molecule has 0 fully saturated rings. The quantitative estimate of drug-likeness (QED) is 0.391. The van der Waals surface area contributed by atoms with Gasteiger partial charge in [-0.1, -0.05) is 5.92 Å². The SMILES string of the molecule is [CH2]CC#CI. The molecule has 0 atom stereocenters. The minimum absolute atomic E-state index is 0.725. The average Bonchev–Trinajstić information content (AvgIpc) is 1.41. The monoisotopic (exact) mass is 179 g/mol. The maximum atomic E-state index is 3.50. The molecule has 27 valence electrons. The molecule has 0 spiro atoms. The highest BCUT2D eigenvalue weighted by Gasteiger charge is 1.50. The maximum Gasteiger partial charge on any atom is 0.0181 e. The Morgan fingerprint density at radius 2 is 2.40 bits per heavy atom. The number of halogens is 1. The van der Waals surface area contributed by atoms with Gasteiger partial charge in [0.05, 0.1) is 0 Å². The normalized spacial score (nSPS) is 5.20. The van der Waals surface area contributed by atoms with Crippen LogP contribution in [0.1, 0.15) is 6.42 Å². The molecule has 0 aromatic rings. The van der Waals surface area contributed by atoms with E-state index in [0.29, 0.717) is 0 Å². The van der Waals surface area contributed by atoms with Crippen molar-refractivity contribution in [2.45, 2.75) is 6.42 Å². The molecule has 0 saturated heterocycles. The molecule has 0 heterocycles. The van der Waals surface area contributed by atoms with Crippen LogP contribution < -0.4 is 0 Å². The molecule has 0 bridgehead atoms. The van der Waals surface area contributed by atoms with Crippen molar-refractivity contribution < 1.29 is 0 Å². The Kier molecular flexibility index (Phi) is 4.54. The van der Waals surface area contributed by atoms with Gasteiger partial charge in [0.15, 0.2) is 0 Å². The number of hydrogen-bond acceptors (Lipinski definition) is 0. The van der Waals surface area contributed by atoms with Crippen molar-refractivity contribution in [1.82, 2.24) is 0 Å². The summed E-state index contributed by atoms with van der Waals surface area (Å²) in [5.74, 6) is 2.74. The molecule has 0 aliphatic heterocycles. The van der Waals surface area contributed by atoms with E-state index in [1.165, 1.54) is 0 Å². The molecule has 0 unspecified atom stereocenters. The molecule has 5 heavy (non-hydrogen) atoms. The Balaban J connectivity index is 2.81. The van der Waals surface area contributed by atoms with Crippen molar-refractivity contribution >= 4 is 22.6 Å². The first-order valence-corrected chi connectivity index (χ1v) is 2.37. The largest absolute Gasteiger partial charge is 0.0919 e. The van der Waals surface area contributed by atoms with Gasteiger partial charge in [-0.2, -0.15) is 0 Å². The highest BCUT2D eigenvalue weighted by molar-refractivity contribution is 14.1. The molecule has 0 nitrogen and oxygen atoms in total. The van der Waals surface area contributed by atoms with E-state index in [1.54, 1.807) is 0 Å². The van der Waals surface area contributed by atoms with Gasteiger partial charge in [0.25, 0.3) is 0 Å². The first kappa shape index (κ1) is 5.29. The number of rotatable bonds is 0. The van der Waals surface area contributed by atoms with Gasteiger partial charge < -0.3 is 0 Å². The summed E-state index contributed by atoms with van der Waals surface area (Å²) in [7, 11) is 0. The molecule has 0 amide bonds. The molecule has 0 aromatic heterocycles. The van der Waals surface area contributed by atoms with Crippen LogP contribution >= 0.6 is 22.6 Å². The van der Waals surface area contributed by atoms with E-state index in [2.05, 4.69) is 16.8 Å². The fourth-order valence-corrected chi connectivity index (χ4v) is 0.317. The summed E-state index contributed by atoms with van der Waals surface area (Å²) < 4.78 is 2.67. The molecular formula is C4H4I. The van der Waals surface area contributed by atoms with Crippen LogP contribution in [0.4, 0.5) is 0 Å². The summed E-state index contributed by atoms with van der Waals surface area (Å²) >= 11 is 1.99. The molecule has 0 rings (SSSR count). The number of hydrogen-bond donors (Lipinski definition) is 0. The predicted octanol–water partition coefficient (Wildman–Crippen LogP) is 1.61. The van der Waals surface area contributed by atoms with Gasteiger partial charge >= 0.3 is 0 Å². The minimum Gasteiger partial charge on any atom is -0.0919 e. The third kappa shape index (κ3) is 4.29. The van der Waals surface area contributed by atoms with E-state index >= 15 is 0 Å². The Labute approximate surface area is 46.1 Å². The molecule has 0 saturated carbocycles. The smallest absolute Gasteiger partial charge is 0.0181 e. The van der Waals surface area contributed by atoms with E-state index < -0.39 is 0 Å². The van der Waals surface area contributed by atoms with E-state index in [-0.39, 0.29) is 0 Å². The average molecular weight is 179 g/mol. The molecule has 1 heteroatoms. The van der Waals surface area contributed by atoms with Crippen LogP contribution in [0, 0.1) is 16.8 Å². The van der Waals surface area contributed by atoms with Crippen molar-refractivity contribution in [3.63, 3.8) is 0 Å². The fourth-order valence-electron chi connectivity index (χ4n) is 0.0472. The van der Waals surface area contributed by atoms with Crippen LogP contribution in [0.25, 0.3) is 0 Å². The van der Waals surface area contributed by atoms with Gasteiger partial charge in [0.1, 0.15) is 0 Å². The van der Waals surface area contributed by atoms with Gasteiger partial charge in [-0.25, -0.2) is 0 Å². The van der Waals surface area contributed by atoms with Crippen LogP contribution in [-0.2, 0) is 0 Å². The van der Waals surface area contributed by atoms with E-state index in [1.807, 2.05) is 22.6 Å². The first-order valence-electron chi connectivity index (χ1n) is 1.29. The first-order chi connectivity index (χ1) is 2.41. The summed E-state index contributed by atoms with van der Waals surface area (Å²) in [5, 5.41) is 0. The van der Waals surface area contributed by atoms with Gasteiger partial charge in [-0.3, -0.25) is 0 Å². The molecular weight excluding hydrogens is 175 g/mol. The summed E-state index contributed by atoms with van der Waals surface area (Å²) in [6.45, 7) is 3.50. The molecule has 0 aliphatic rings. The standard InChI is InChI=1S/C4H4I/c1-2-3-4-5/h1-2H2. The lowest BCUT2D eigenvalue weighted by molar-refractivity contribution is 1.49. The lowest BCUT2D eigenvalue weighted by Gasteiger charge is -1.56. The summed E-state index contributed by atoms with van der Waals surface area (Å²) in [6.07, 6.45) is 0.725. The minimum atomic E-state index is 0.725. The Morgan fingerprint density at radius 1 is 1.80 bits per heavy atom. The van der Waals surface area contributed by atoms with Gasteiger partial charge in [0, 0.05) is 29.0 Å². The molecule has 0 N–H and O–H groups in total. The topological polar surface area (TPSA) is 0 Å². The Hall–Kier alpha value is 0.290. The van der Waals surface area contributed by atoms with Gasteiger partial charge in [-0.05, 0) is 10.9 Å². The van der Waals surface area contributed by atoms with Crippen molar-refractivity contribution in [2.24, 2.45) is 0 Å². The highest BCUT2D eigenvalue weighted by atomic mass is 127. The van der Waals surface area contributed by atoms with E-state index in [4.69, 9.17) is 0 Å². The molecule has 1 radical (unpaired) electrons. The second-order valence-corrected chi connectivity index (χ2v) is 1.06. The zero-order chi connectivity index (χ0) is 4.12. The van der Waals surface area contributed by atoms with Crippen molar-refractivity contribution in [2.75, 3.05) is 0 Å². The van der Waals surface area contributed by atoms with Crippen molar-refractivity contribution in [1.29, 1.82) is 0 Å². The van der Waals surface area contributed by atoms with Crippen molar-refractivity contribution in [3.05, 3.63) is 6.92 Å². The van der Waals surface area contributed by atoms with Crippen LogP contribution in [0.3, 0.4) is 0 Å².